The maximum absolute atomic E-state index is 10.1. The Morgan fingerprint density at radius 1 is 1.29 bits per heavy atom. The van der Waals surface area contributed by atoms with Crippen molar-refractivity contribution in [2.45, 2.75) is 36.5 Å². The van der Waals surface area contributed by atoms with Gasteiger partial charge in [-0.2, -0.15) is 16.7 Å². The van der Waals surface area contributed by atoms with Gasteiger partial charge >= 0.3 is 0 Å². The van der Waals surface area contributed by atoms with E-state index in [1.165, 1.54) is 0 Å². The predicted molar refractivity (Wildman–Crippen MR) is 87.8 cm³/mol. The minimum Gasteiger partial charge on any atom is -0.507 e. The third-order valence-corrected chi connectivity index (χ3v) is 7.14. The van der Waals surface area contributed by atoms with E-state index in [2.05, 4.69) is 24.0 Å². The Hall–Kier alpha value is -1.14. The molecule has 4 nitrogen and oxygen atoms in total. The molecular weight excluding hydrogens is 304 g/mol. The number of nitrogens with zero attached hydrogens (tertiary/aromatic N) is 2. The third kappa shape index (κ3) is 2.92. The van der Waals surface area contributed by atoms with Crippen LogP contribution in [0, 0.1) is 6.92 Å². The molecule has 1 aliphatic rings. The molecule has 6 heteroatoms. The van der Waals surface area contributed by atoms with Crippen LogP contribution in [0.4, 0.5) is 0 Å². The molecule has 1 N–H and O–H groups in total. The minimum absolute atomic E-state index is 0.209. The second kappa shape index (κ2) is 5.93. The SMILES string of the molecule is Cc1cccc(-c2nc(C3CSC(C)C(C)S3)no2)c1O. The highest BCUT2D eigenvalue weighted by Crippen LogP contribution is 2.43. The summed E-state index contributed by atoms with van der Waals surface area (Å²) in [4.78, 5) is 4.49. The highest BCUT2D eigenvalue weighted by atomic mass is 32.2. The molecule has 3 rings (SSSR count). The van der Waals surface area contributed by atoms with Gasteiger partial charge in [-0.1, -0.05) is 31.1 Å². The van der Waals surface area contributed by atoms with E-state index >= 15 is 0 Å². The lowest BCUT2D eigenvalue weighted by Crippen LogP contribution is -2.22. The largest absolute Gasteiger partial charge is 0.507 e. The zero-order valence-electron chi connectivity index (χ0n) is 12.2. The van der Waals surface area contributed by atoms with Gasteiger partial charge in [0, 0.05) is 16.3 Å². The lowest BCUT2D eigenvalue weighted by Gasteiger charge is -2.29. The highest BCUT2D eigenvalue weighted by molar-refractivity contribution is 8.07. The van der Waals surface area contributed by atoms with E-state index in [1.54, 1.807) is 6.07 Å². The molecule has 0 aliphatic carbocycles. The minimum atomic E-state index is 0.209. The zero-order valence-corrected chi connectivity index (χ0v) is 13.9. The summed E-state index contributed by atoms with van der Waals surface area (Å²) in [6.45, 7) is 6.35. The molecule has 1 aliphatic heterocycles. The molecule has 1 saturated heterocycles. The topological polar surface area (TPSA) is 59.2 Å². The van der Waals surface area contributed by atoms with Crippen LogP contribution in [0.1, 0.15) is 30.5 Å². The van der Waals surface area contributed by atoms with Crippen LogP contribution in [0.5, 0.6) is 5.75 Å². The number of rotatable bonds is 2. The van der Waals surface area contributed by atoms with Crippen LogP contribution in [-0.2, 0) is 0 Å². The molecule has 2 heterocycles. The van der Waals surface area contributed by atoms with Gasteiger partial charge in [0.1, 0.15) is 5.75 Å². The van der Waals surface area contributed by atoms with Gasteiger partial charge in [-0.3, -0.25) is 0 Å². The van der Waals surface area contributed by atoms with Crippen LogP contribution in [-0.4, -0.2) is 31.5 Å². The molecule has 1 aromatic heterocycles. The number of hydrogen-bond acceptors (Lipinski definition) is 6. The summed E-state index contributed by atoms with van der Waals surface area (Å²) in [5.74, 6) is 2.32. The maximum Gasteiger partial charge on any atom is 0.261 e. The fraction of sp³-hybridized carbons (Fsp3) is 0.467. The number of aromatic nitrogens is 2. The van der Waals surface area contributed by atoms with Gasteiger partial charge in [0.05, 0.1) is 10.8 Å². The summed E-state index contributed by atoms with van der Waals surface area (Å²) in [6.07, 6.45) is 0. The molecule has 2 aromatic rings. The quantitative estimate of drug-likeness (QED) is 0.900. The van der Waals surface area contributed by atoms with Gasteiger partial charge < -0.3 is 9.63 Å². The van der Waals surface area contributed by atoms with Gasteiger partial charge in [0.15, 0.2) is 5.82 Å². The van der Waals surface area contributed by atoms with E-state index in [1.807, 2.05) is 42.6 Å². The summed E-state index contributed by atoms with van der Waals surface area (Å²) < 4.78 is 5.36. The first-order chi connectivity index (χ1) is 10.1. The van der Waals surface area contributed by atoms with Crippen molar-refractivity contribution in [2.24, 2.45) is 0 Å². The Labute approximate surface area is 132 Å². The Bertz CT molecular complexity index is 644. The number of para-hydroxylation sites is 1. The monoisotopic (exact) mass is 322 g/mol. The van der Waals surface area contributed by atoms with Crippen molar-refractivity contribution < 1.29 is 9.63 Å². The molecule has 0 spiro atoms. The van der Waals surface area contributed by atoms with Crippen molar-refractivity contribution in [1.29, 1.82) is 0 Å². The lowest BCUT2D eigenvalue weighted by molar-refractivity contribution is 0.417. The molecule has 3 unspecified atom stereocenters. The van der Waals surface area contributed by atoms with Crippen molar-refractivity contribution in [3.05, 3.63) is 29.6 Å². The molecule has 1 aromatic carbocycles. The summed E-state index contributed by atoms with van der Waals surface area (Å²) in [6, 6.07) is 5.53. The molecule has 0 saturated carbocycles. The van der Waals surface area contributed by atoms with Gasteiger partial charge in [-0.25, -0.2) is 0 Å². The van der Waals surface area contributed by atoms with Crippen molar-refractivity contribution in [3.8, 4) is 17.2 Å². The first kappa shape index (κ1) is 14.8. The molecule has 1 fully saturated rings. The second-order valence-electron chi connectivity index (χ2n) is 5.30. The molecule has 0 radical (unpaired) electrons. The Balaban J connectivity index is 1.85. The van der Waals surface area contributed by atoms with Crippen LogP contribution in [0.15, 0.2) is 22.7 Å². The second-order valence-corrected chi connectivity index (χ2v) is 8.29. The van der Waals surface area contributed by atoms with Crippen molar-refractivity contribution in [3.63, 3.8) is 0 Å². The van der Waals surface area contributed by atoms with Gasteiger partial charge in [0.2, 0.25) is 0 Å². The van der Waals surface area contributed by atoms with Crippen LogP contribution in [0.25, 0.3) is 11.5 Å². The Kier molecular flexibility index (Phi) is 4.17. The van der Waals surface area contributed by atoms with Crippen molar-refractivity contribution in [1.82, 2.24) is 10.1 Å². The van der Waals surface area contributed by atoms with E-state index in [4.69, 9.17) is 4.52 Å². The number of benzene rings is 1. The van der Waals surface area contributed by atoms with E-state index in [9.17, 15) is 5.11 Å². The van der Waals surface area contributed by atoms with Gasteiger partial charge in [-0.15, -0.1) is 11.8 Å². The van der Waals surface area contributed by atoms with E-state index in [-0.39, 0.29) is 11.0 Å². The van der Waals surface area contributed by atoms with Crippen LogP contribution >= 0.6 is 23.5 Å². The fourth-order valence-electron chi connectivity index (χ4n) is 2.23. The maximum atomic E-state index is 10.1. The molecule has 3 atom stereocenters. The fourth-order valence-corrected chi connectivity index (χ4v) is 5.06. The number of phenols is 1. The molecule has 21 heavy (non-hydrogen) atoms. The average molecular weight is 322 g/mol. The predicted octanol–water partition coefficient (Wildman–Crippen LogP) is 4.05. The number of aryl methyl sites for hydroxylation is 1. The number of phenolic OH excluding ortho intramolecular Hbond substituents is 1. The van der Waals surface area contributed by atoms with Crippen LogP contribution in [0.3, 0.4) is 0 Å². The Morgan fingerprint density at radius 2 is 2.10 bits per heavy atom. The smallest absolute Gasteiger partial charge is 0.261 e. The average Bonchev–Trinajstić information content (AvgIpc) is 2.94. The van der Waals surface area contributed by atoms with Crippen molar-refractivity contribution >= 4 is 23.5 Å². The van der Waals surface area contributed by atoms with E-state index in [0.29, 0.717) is 22.0 Å². The number of thioether (sulfide) groups is 2. The van der Waals surface area contributed by atoms with Crippen molar-refractivity contribution in [2.75, 3.05) is 5.75 Å². The molecular formula is C15H18N2O2S2. The third-order valence-electron chi connectivity index (χ3n) is 3.75. The first-order valence-electron chi connectivity index (χ1n) is 6.96. The molecule has 112 valence electrons. The highest BCUT2D eigenvalue weighted by Gasteiger charge is 2.30. The Morgan fingerprint density at radius 3 is 2.86 bits per heavy atom. The van der Waals surface area contributed by atoms with E-state index in [0.717, 1.165) is 17.1 Å². The van der Waals surface area contributed by atoms with Crippen LogP contribution in [0.2, 0.25) is 0 Å². The summed E-state index contributed by atoms with van der Waals surface area (Å²) in [5, 5.41) is 15.7. The molecule has 0 bridgehead atoms. The summed E-state index contributed by atoms with van der Waals surface area (Å²) in [7, 11) is 0. The number of aromatic hydroxyl groups is 1. The zero-order chi connectivity index (χ0) is 15.0. The number of hydrogen-bond donors (Lipinski definition) is 1. The summed E-state index contributed by atoms with van der Waals surface area (Å²) in [5.41, 5.74) is 1.40. The standard InChI is InChI=1S/C15H18N2O2S2/c1-8-5-4-6-11(13(8)18)15-16-14(17-19-15)12-7-20-9(2)10(3)21-12/h4-6,9-10,12,18H,7H2,1-3H3. The molecule has 0 amide bonds. The van der Waals surface area contributed by atoms with Crippen LogP contribution < -0.4 is 0 Å². The van der Waals surface area contributed by atoms with E-state index < -0.39 is 0 Å². The van der Waals surface area contributed by atoms with Gasteiger partial charge in [-0.05, 0) is 18.6 Å². The lowest BCUT2D eigenvalue weighted by atomic mass is 10.1. The van der Waals surface area contributed by atoms with Gasteiger partial charge in [0.25, 0.3) is 5.89 Å². The summed E-state index contributed by atoms with van der Waals surface area (Å²) >= 11 is 3.84. The first-order valence-corrected chi connectivity index (χ1v) is 8.95. The normalized spacial score (nSPS) is 26.0.